The van der Waals surface area contributed by atoms with Gasteiger partial charge in [-0.2, -0.15) is 4.31 Å². The molecule has 2 heterocycles. The lowest BCUT2D eigenvalue weighted by Crippen LogP contribution is -2.49. The Bertz CT molecular complexity index is 656. The van der Waals surface area contributed by atoms with Crippen molar-refractivity contribution < 1.29 is 17.6 Å². The molecule has 0 aromatic carbocycles. The first-order valence-electron chi connectivity index (χ1n) is 9.08. The molecule has 2 N–H and O–H groups in total. The number of hydrogen-bond donors (Lipinski definition) is 2. The third kappa shape index (κ3) is 8.36. The van der Waals surface area contributed by atoms with Crippen molar-refractivity contribution in [3.63, 3.8) is 0 Å². The molecule has 0 radical (unpaired) electrons. The van der Waals surface area contributed by atoms with Crippen LogP contribution in [0.4, 0.5) is 0 Å². The zero-order chi connectivity index (χ0) is 19.0. The normalized spacial score (nSPS) is 21.5. The molecule has 2 unspecified atom stereocenters. The SMILES string of the molecule is CCNC(=NCCS(=O)(=O)N1CC(C)OC(C)C1)NCCc1ccco1.I. The number of halogens is 1. The largest absolute Gasteiger partial charge is 0.469 e. The second-order valence-corrected chi connectivity index (χ2v) is 8.50. The topological polar surface area (TPSA) is 96.2 Å². The molecule has 1 aliphatic heterocycles. The molecular weight excluding hydrogens is 483 g/mol. The Balaban J connectivity index is 0.00000364. The van der Waals surface area contributed by atoms with Crippen LogP contribution in [0.2, 0.25) is 0 Å². The van der Waals surface area contributed by atoms with E-state index < -0.39 is 10.0 Å². The van der Waals surface area contributed by atoms with E-state index in [4.69, 9.17) is 9.15 Å². The first-order valence-corrected chi connectivity index (χ1v) is 10.7. The minimum atomic E-state index is -3.34. The van der Waals surface area contributed by atoms with Gasteiger partial charge in [-0.1, -0.05) is 0 Å². The third-order valence-corrected chi connectivity index (χ3v) is 5.77. The van der Waals surface area contributed by atoms with E-state index in [0.717, 1.165) is 12.2 Å². The van der Waals surface area contributed by atoms with Crippen LogP contribution in [0.15, 0.2) is 27.8 Å². The Morgan fingerprint density at radius 1 is 1.30 bits per heavy atom. The van der Waals surface area contributed by atoms with Crippen molar-refractivity contribution in [2.24, 2.45) is 4.99 Å². The van der Waals surface area contributed by atoms with E-state index in [9.17, 15) is 8.42 Å². The Hall–Kier alpha value is -0.850. The van der Waals surface area contributed by atoms with Crippen molar-refractivity contribution in [1.82, 2.24) is 14.9 Å². The van der Waals surface area contributed by atoms with Crippen LogP contribution in [0.25, 0.3) is 0 Å². The summed E-state index contributed by atoms with van der Waals surface area (Å²) in [5, 5.41) is 6.31. The molecule has 27 heavy (non-hydrogen) atoms. The Morgan fingerprint density at radius 3 is 2.59 bits per heavy atom. The Morgan fingerprint density at radius 2 is 2.00 bits per heavy atom. The zero-order valence-corrected chi connectivity index (χ0v) is 19.3. The van der Waals surface area contributed by atoms with E-state index >= 15 is 0 Å². The van der Waals surface area contributed by atoms with Crippen molar-refractivity contribution in [3.8, 4) is 0 Å². The summed E-state index contributed by atoms with van der Waals surface area (Å²) in [6.45, 7) is 8.12. The molecule has 2 rings (SSSR count). The fraction of sp³-hybridized carbons (Fsp3) is 0.706. The Kier molecular flexibility index (Phi) is 10.6. The molecule has 0 saturated carbocycles. The van der Waals surface area contributed by atoms with E-state index in [2.05, 4.69) is 15.6 Å². The third-order valence-electron chi connectivity index (χ3n) is 3.99. The molecule has 0 amide bonds. The molecular formula is C17H31IN4O4S. The van der Waals surface area contributed by atoms with E-state index in [1.807, 2.05) is 32.9 Å². The summed E-state index contributed by atoms with van der Waals surface area (Å²) in [5.41, 5.74) is 0. The van der Waals surface area contributed by atoms with Crippen LogP contribution in [-0.4, -0.2) is 69.4 Å². The lowest BCUT2D eigenvalue weighted by atomic mass is 10.3. The summed E-state index contributed by atoms with van der Waals surface area (Å²) in [5.74, 6) is 1.49. The van der Waals surface area contributed by atoms with Gasteiger partial charge in [0, 0.05) is 32.6 Å². The van der Waals surface area contributed by atoms with Crippen molar-refractivity contribution in [2.75, 3.05) is 38.5 Å². The molecule has 1 aliphatic rings. The molecule has 1 aromatic rings. The molecule has 2 atom stereocenters. The molecule has 10 heteroatoms. The summed E-state index contributed by atoms with van der Waals surface area (Å²) in [6, 6.07) is 3.77. The highest BCUT2D eigenvalue weighted by Gasteiger charge is 2.30. The van der Waals surface area contributed by atoms with Gasteiger partial charge in [0.05, 0.1) is 30.8 Å². The molecule has 8 nitrogen and oxygen atoms in total. The first kappa shape index (κ1) is 24.2. The van der Waals surface area contributed by atoms with Gasteiger partial charge < -0.3 is 19.8 Å². The minimum Gasteiger partial charge on any atom is -0.469 e. The average molecular weight is 514 g/mol. The van der Waals surface area contributed by atoms with Crippen molar-refractivity contribution in [2.45, 2.75) is 39.4 Å². The number of sulfonamides is 1. The van der Waals surface area contributed by atoms with Crippen LogP contribution >= 0.6 is 24.0 Å². The maximum absolute atomic E-state index is 12.5. The quantitative estimate of drug-likeness (QED) is 0.310. The molecule has 1 fully saturated rings. The van der Waals surface area contributed by atoms with Gasteiger partial charge in [-0.15, -0.1) is 24.0 Å². The molecule has 1 saturated heterocycles. The van der Waals surface area contributed by atoms with E-state index in [-0.39, 0.29) is 48.5 Å². The summed E-state index contributed by atoms with van der Waals surface area (Å²) in [4.78, 5) is 4.38. The van der Waals surface area contributed by atoms with Gasteiger partial charge in [-0.3, -0.25) is 4.99 Å². The molecule has 0 aliphatic carbocycles. The summed E-state index contributed by atoms with van der Waals surface area (Å²) < 4.78 is 37.5. The van der Waals surface area contributed by atoms with Crippen LogP contribution in [0.3, 0.4) is 0 Å². The van der Waals surface area contributed by atoms with Gasteiger partial charge in [0.15, 0.2) is 5.96 Å². The predicted molar refractivity (Wildman–Crippen MR) is 117 cm³/mol. The van der Waals surface area contributed by atoms with Crippen molar-refractivity contribution in [3.05, 3.63) is 24.2 Å². The van der Waals surface area contributed by atoms with E-state index in [1.165, 1.54) is 4.31 Å². The lowest BCUT2D eigenvalue weighted by Gasteiger charge is -2.34. The minimum absolute atomic E-state index is 0. The van der Waals surface area contributed by atoms with Crippen LogP contribution in [-0.2, 0) is 21.2 Å². The maximum atomic E-state index is 12.5. The number of aliphatic imine (C=N–C) groups is 1. The number of hydrogen-bond acceptors (Lipinski definition) is 5. The lowest BCUT2D eigenvalue weighted by molar-refractivity contribution is -0.0440. The molecule has 0 bridgehead atoms. The highest BCUT2D eigenvalue weighted by molar-refractivity contribution is 14.0. The van der Waals surface area contributed by atoms with Crippen LogP contribution in [0, 0.1) is 0 Å². The number of nitrogens with zero attached hydrogens (tertiary/aromatic N) is 2. The standard InChI is InChI=1S/C17H30N4O4S.HI/c1-4-18-17(19-8-7-16-6-5-10-24-16)20-9-11-26(22,23)21-12-14(2)25-15(3)13-21;/h5-6,10,14-15H,4,7-9,11-13H2,1-3H3,(H2,18,19,20);1H. The monoisotopic (exact) mass is 514 g/mol. The fourth-order valence-corrected chi connectivity index (χ4v) is 4.31. The fourth-order valence-electron chi connectivity index (χ4n) is 2.86. The number of furan rings is 1. The maximum Gasteiger partial charge on any atom is 0.216 e. The van der Waals surface area contributed by atoms with Gasteiger partial charge in [0.25, 0.3) is 0 Å². The summed E-state index contributed by atoms with van der Waals surface area (Å²) in [6.07, 6.45) is 2.21. The zero-order valence-electron chi connectivity index (χ0n) is 16.2. The number of rotatable bonds is 8. The van der Waals surface area contributed by atoms with Crippen LogP contribution < -0.4 is 10.6 Å². The van der Waals surface area contributed by atoms with Crippen molar-refractivity contribution in [1.29, 1.82) is 0 Å². The molecule has 156 valence electrons. The highest BCUT2D eigenvalue weighted by Crippen LogP contribution is 2.14. The van der Waals surface area contributed by atoms with Crippen LogP contribution in [0.5, 0.6) is 0 Å². The number of morpholine rings is 1. The second-order valence-electron chi connectivity index (χ2n) is 6.41. The van der Waals surface area contributed by atoms with Gasteiger partial charge >= 0.3 is 0 Å². The smallest absolute Gasteiger partial charge is 0.216 e. The van der Waals surface area contributed by atoms with Crippen LogP contribution in [0.1, 0.15) is 26.5 Å². The Labute approximate surface area is 179 Å². The van der Waals surface area contributed by atoms with Gasteiger partial charge in [-0.25, -0.2) is 8.42 Å². The molecule has 1 aromatic heterocycles. The molecule has 0 spiro atoms. The van der Waals surface area contributed by atoms with Crippen molar-refractivity contribution >= 4 is 40.0 Å². The predicted octanol–water partition coefficient (Wildman–Crippen LogP) is 1.43. The average Bonchev–Trinajstić information content (AvgIpc) is 3.07. The number of ether oxygens (including phenoxy) is 1. The van der Waals surface area contributed by atoms with Gasteiger partial charge in [0.1, 0.15) is 5.76 Å². The summed E-state index contributed by atoms with van der Waals surface area (Å²) in [7, 11) is -3.34. The summed E-state index contributed by atoms with van der Waals surface area (Å²) >= 11 is 0. The second kappa shape index (κ2) is 11.9. The van der Waals surface area contributed by atoms with Gasteiger partial charge in [-0.05, 0) is 32.9 Å². The number of guanidine groups is 1. The van der Waals surface area contributed by atoms with Gasteiger partial charge in [0.2, 0.25) is 10.0 Å². The van der Waals surface area contributed by atoms with E-state index in [0.29, 0.717) is 32.1 Å². The highest BCUT2D eigenvalue weighted by atomic mass is 127. The first-order chi connectivity index (χ1) is 12.4. The van der Waals surface area contributed by atoms with E-state index in [1.54, 1.807) is 6.26 Å². The number of nitrogens with one attached hydrogen (secondary N) is 2.